The van der Waals surface area contributed by atoms with Gasteiger partial charge < -0.3 is 20.0 Å². The summed E-state index contributed by atoms with van der Waals surface area (Å²) in [6.45, 7) is 0.234. The van der Waals surface area contributed by atoms with E-state index in [1.165, 1.54) is 4.68 Å². The Kier molecular flexibility index (Phi) is 3.65. The van der Waals surface area contributed by atoms with Crippen molar-refractivity contribution in [1.82, 2.24) is 9.78 Å². The van der Waals surface area contributed by atoms with E-state index in [4.69, 9.17) is 9.84 Å². The molecule has 1 aromatic carbocycles. The molecule has 2 rings (SSSR count). The molecule has 0 aliphatic heterocycles. The molecule has 0 radical (unpaired) electrons. The number of aromatic carboxylic acids is 1. The molecule has 0 aliphatic carbocycles. The molecule has 104 valence electrons. The first-order chi connectivity index (χ1) is 9.51. The molecular formula is C12H11N3O5. The van der Waals surface area contributed by atoms with E-state index >= 15 is 0 Å². The lowest BCUT2D eigenvalue weighted by molar-refractivity contribution is -0.390. The summed E-state index contributed by atoms with van der Waals surface area (Å²) in [6.07, 6.45) is 1.14. The lowest BCUT2D eigenvalue weighted by atomic mass is 10.2. The Bertz CT molecular complexity index is 616. The molecule has 0 fully saturated rings. The normalized spacial score (nSPS) is 10.2. The van der Waals surface area contributed by atoms with Crippen LogP contribution in [0.4, 0.5) is 5.82 Å². The fraction of sp³-hybridized carbons (Fsp3) is 0.167. The average molecular weight is 277 g/mol. The quantitative estimate of drug-likeness (QED) is 0.656. The van der Waals surface area contributed by atoms with Gasteiger partial charge in [0.2, 0.25) is 0 Å². The van der Waals surface area contributed by atoms with E-state index in [0.717, 1.165) is 11.8 Å². The van der Waals surface area contributed by atoms with Crippen molar-refractivity contribution >= 4 is 11.8 Å². The number of carboxylic acids is 1. The van der Waals surface area contributed by atoms with Crippen molar-refractivity contribution in [2.45, 2.75) is 6.54 Å². The van der Waals surface area contributed by atoms with Crippen LogP contribution in [-0.4, -0.2) is 32.9 Å². The molecule has 2 aromatic rings. The maximum atomic E-state index is 10.9. The van der Waals surface area contributed by atoms with Gasteiger partial charge in [-0.3, -0.25) is 0 Å². The van der Waals surface area contributed by atoms with Gasteiger partial charge in [-0.15, -0.1) is 0 Å². The van der Waals surface area contributed by atoms with Crippen molar-refractivity contribution in [3.05, 3.63) is 51.7 Å². The molecule has 0 saturated carbocycles. The number of hydrogen-bond donors (Lipinski definition) is 1. The molecule has 0 saturated heterocycles. The highest BCUT2D eigenvalue weighted by Gasteiger charge is 2.25. The van der Waals surface area contributed by atoms with Gasteiger partial charge in [0.25, 0.3) is 0 Å². The van der Waals surface area contributed by atoms with Gasteiger partial charge in [0.05, 0.1) is 25.0 Å². The minimum Gasteiger partial charge on any atom is -0.497 e. The van der Waals surface area contributed by atoms with Crippen LogP contribution in [0.15, 0.2) is 30.5 Å². The summed E-state index contributed by atoms with van der Waals surface area (Å²) in [7, 11) is 1.55. The third-order valence-corrected chi connectivity index (χ3v) is 2.65. The number of benzene rings is 1. The first kappa shape index (κ1) is 13.5. The Morgan fingerprint density at radius 1 is 1.45 bits per heavy atom. The van der Waals surface area contributed by atoms with Gasteiger partial charge >= 0.3 is 11.8 Å². The van der Waals surface area contributed by atoms with Gasteiger partial charge in [0, 0.05) is 0 Å². The lowest BCUT2D eigenvalue weighted by Crippen LogP contribution is -2.01. The second-order valence-electron chi connectivity index (χ2n) is 3.97. The molecule has 0 amide bonds. The third-order valence-electron chi connectivity index (χ3n) is 2.65. The predicted molar refractivity (Wildman–Crippen MR) is 67.9 cm³/mol. The summed E-state index contributed by atoms with van der Waals surface area (Å²) in [5.74, 6) is -1.35. The Hall–Kier alpha value is -2.90. The number of rotatable bonds is 5. The zero-order valence-electron chi connectivity index (χ0n) is 10.5. The maximum Gasteiger partial charge on any atom is 0.404 e. The van der Waals surface area contributed by atoms with Crippen molar-refractivity contribution in [2.24, 2.45) is 0 Å². The fourth-order valence-corrected chi connectivity index (χ4v) is 1.70. The van der Waals surface area contributed by atoms with Gasteiger partial charge in [-0.05, 0) is 22.6 Å². The van der Waals surface area contributed by atoms with Crippen LogP contribution >= 0.6 is 0 Å². The number of hydrogen-bond acceptors (Lipinski definition) is 5. The molecule has 8 nitrogen and oxygen atoms in total. The summed E-state index contributed by atoms with van der Waals surface area (Å²) in [6, 6.07) is 7.02. The van der Waals surface area contributed by atoms with E-state index in [-0.39, 0.29) is 6.54 Å². The molecule has 0 atom stereocenters. The molecule has 1 aromatic heterocycles. The number of nitro groups is 1. The van der Waals surface area contributed by atoms with Crippen molar-refractivity contribution in [1.29, 1.82) is 0 Å². The molecule has 0 spiro atoms. The summed E-state index contributed by atoms with van der Waals surface area (Å²) < 4.78 is 6.24. The van der Waals surface area contributed by atoms with E-state index in [9.17, 15) is 14.9 Å². The van der Waals surface area contributed by atoms with Crippen LogP contribution in [0.25, 0.3) is 0 Å². The second-order valence-corrected chi connectivity index (χ2v) is 3.97. The zero-order valence-corrected chi connectivity index (χ0v) is 10.5. The Morgan fingerprint density at radius 2 is 2.10 bits per heavy atom. The number of ether oxygens (including phenoxy) is 1. The largest absolute Gasteiger partial charge is 0.497 e. The number of nitrogens with zero attached hydrogens (tertiary/aromatic N) is 3. The molecule has 0 aliphatic rings. The van der Waals surface area contributed by atoms with Gasteiger partial charge in [-0.1, -0.05) is 12.1 Å². The number of carbonyl (C=O) groups is 1. The second kappa shape index (κ2) is 5.39. The standard InChI is InChI=1S/C12H11N3O5/c1-20-9-4-2-8(3-5-9)6-14-7-10(12(16)17)11(13-14)15(18)19/h2-5,7H,6H2,1H3,(H,16,17). The van der Waals surface area contributed by atoms with Gasteiger partial charge in [0.1, 0.15) is 5.75 Å². The summed E-state index contributed by atoms with van der Waals surface area (Å²) >= 11 is 0. The smallest absolute Gasteiger partial charge is 0.404 e. The molecular weight excluding hydrogens is 266 g/mol. The number of aromatic nitrogens is 2. The van der Waals surface area contributed by atoms with Crippen molar-refractivity contribution < 1.29 is 19.6 Å². The van der Waals surface area contributed by atoms with Crippen LogP contribution in [0.2, 0.25) is 0 Å². The molecule has 0 bridgehead atoms. The molecule has 0 unspecified atom stereocenters. The molecule has 8 heteroatoms. The van der Waals surface area contributed by atoms with Crippen molar-refractivity contribution in [3.8, 4) is 5.75 Å². The minimum absolute atomic E-state index is 0.234. The van der Waals surface area contributed by atoms with Gasteiger partial charge in [-0.2, -0.15) is 4.68 Å². The summed E-state index contributed by atoms with van der Waals surface area (Å²) in [4.78, 5) is 20.8. The number of carboxylic acid groups (broad SMARTS) is 1. The Balaban J connectivity index is 2.26. The van der Waals surface area contributed by atoms with E-state index in [2.05, 4.69) is 5.10 Å². The molecule has 1 N–H and O–H groups in total. The van der Waals surface area contributed by atoms with E-state index < -0.39 is 22.3 Å². The van der Waals surface area contributed by atoms with Crippen LogP contribution in [0.5, 0.6) is 5.75 Å². The highest BCUT2D eigenvalue weighted by molar-refractivity contribution is 5.91. The Morgan fingerprint density at radius 3 is 2.55 bits per heavy atom. The maximum absolute atomic E-state index is 10.9. The van der Waals surface area contributed by atoms with E-state index in [1.807, 2.05) is 0 Å². The monoisotopic (exact) mass is 277 g/mol. The molecule has 20 heavy (non-hydrogen) atoms. The van der Waals surface area contributed by atoms with Crippen LogP contribution < -0.4 is 4.74 Å². The van der Waals surface area contributed by atoms with Crippen LogP contribution in [0.3, 0.4) is 0 Å². The lowest BCUT2D eigenvalue weighted by Gasteiger charge is -2.01. The van der Waals surface area contributed by atoms with Crippen LogP contribution in [0.1, 0.15) is 15.9 Å². The summed E-state index contributed by atoms with van der Waals surface area (Å²) in [5.41, 5.74) is 0.392. The number of methoxy groups -OCH3 is 1. The fourth-order valence-electron chi connectivity index (χ4n) is 1.70. The van der Waals surface area contributed by atoms with Gasteiger partial charge in [-0.25, -0.2) is 4.79 Å². The molecule has 1 heterocycles. The van der Waals surface area contributed by atoms with E-state index in [1.54, 1.807) is 31.4 Å². The van der Waals surface area contributed by atoms with E-state index in [0.29, 0.717) is 5.75 Å². The SMILES string of the molecule is COc1ccc(Cn2cc(C(=O)O)c([N+](=O)[O-])n2)cc1. The van der Waals surface area contributed by atoms with Crippen molar-refractivity contribution in [2.75, 3.05) is 7.11 Å². The first-order valence-corrected chi connectivity index (χ1v) is 5.59. The highest BCUT2D eigenvalue weighted by Crippen LogP contribution is 2.17. The predicted octanol–water partition coefficient (Wildman–Crippen LogP) is 1.55. The topological polar surface area (TPSA) is 107 Å². The average Bonchev–Trinajstić information content (AvgIpc) is 2.84. The third kappa shape index (κ3) is 2.74. The highest BCUT2D eigenvalue weighted by atomic mass is 16.6. The Labute approximate surface area is 113 Å². The summed E-state index contributed by atoms with van der Waals surface area (Å²) in [5, 5.41) is 23.3. The van der Waals surface area contributed by atoms with Crippen LogP contribution in [0, 0.1) is 10.1 Å². The van der Waals surface area contributed by atoms with Crippen LogP contribution in [-0.2, 0) is 6.54 Å². The van der Waals surface area contributed by atoms with Crippen molar-refractivity contribution in [3.63, 3.8) is 0 Å². The zero-order chi connectivity index (χ0) is 14.7. The van der Waals surface area contributed by atoms with Gasteiger partial charge in [0.15, 0.2) is 5.56 Å². The minimum atomic E-state index is -1.38. The first-order valence-electron chi connectivity index (χ1n) is 5.59.